The van der Waals surface area contributed by atoms with Crippen molar-refractivity contribution in [3.63, 3.8) is 0 Å². The Morgan fingerprint density at radius 2 is 1.93 bits per heavy atom. The average Bonchev–Trinajstić information content (AvgIpc) is 2.25. The first-order valence-corrected chi connectivity index (χ1v) is 5.63. The fraction of sp³-hybridized carbons (Fsp3) is 0.417. The van der Waals surface area contributed by atoms with Crippen LogP contribution in [0.1, 0.15) is 30.7 Å². The number of hydrogen-bond donors (Lipinski definition) is 1. The molecule has 0 saturated heterocycles. The molecule has 1 atom stereocenters. The number of halogens is 1. The van der Waals surface area contributed by atoms with E-state index in [-0.39, 0.29) is 0 Å². The van der Waals surface area contributed by atoms with Gasteiger partial charge in [-0.1, -0.05) is 36.8 Å². The maximum absolute atomic E-state index is 11.1. The monoisotopic (exact) mass is 226 g/mol. The molecule has 1 aromatic carbocycles. The molecule has 0 aliphatic heterocycles. The van der Waals surface area contributed by atoms with Crippen molar-refractivity contribution in [1.29, 1.82) is 0 Å². The molecule has 82 valence electrons. The Morgan fingerprint density at radius 3 is 2.47 bits per heavy atom. The van der Waals surface area contributed by atoms with Crippen LogP contribution in [-0.2, 0) is 4.79 Å². The van der Waals surface area contributed by atoms with Gasteiger partial charge < -0.3 is 5.11 Å². The first kappa shape index (κ1) is 12.1. The molecule has 3 heteroatoms. The number of carboxylic acids is 1. The van der Waals surface area contributed by atoms with E-state index < -0.39 is 11.9 Å². The number of aliphatic carboxylic acids is 1. The lowest BCUT2D eigenvalue weighted by atomic mass is 9.94. The highest BCUT2D eigenvalue weighted by molar-refractivity contribution is 6.17. The van der Waals surface area contributed by atoms with E-state index in [1.54, 1.807) is 0 Å². The molecule has 0 spiro atoms. The summed E-state index contributed by atoms with van der Waals surface area (Å²) in [6, 6.07) is 9.35. The summed E-state index contributed by atoms with van der Waals surface area (Å²) in [5.41, 5.74) is 0.875. The Morgan fingerprint density at radius 1 is 1.27 bits per heavy atom. The van der Waals surface area contributed by atoms with Crippen LogP contribution < -0.4 is 0 Å². The summed E-state index contributed by atoms with van der Waals surface area (Å²) in [5.74, 6) is -0.550. The number of hydrogen-bond acceptors (Lipinski definition) is 1. The van der Waals surface area contributed by atoms with Gasteiger partial charge in [-0.2, -0.15) is 0 Å². The number of rotatable bonds is 6. The molecule has 1 N–H and O–H groups in total. The van der Waals surface area contributed by atoms with Crippen molar-refractivity contribution in [3.8, 4) is 0 Å². The average molecular weight is 227 g/mol. The summed E-state index contributed by atoms with van der Waals surface area (Å²) < 4.78 is 0. The van der Waals surface area contributed by atoms with Crippen molar-refractivity contribution in [3.05, 3.63) is 35.9 Å². The molecule has 1 aromatic rings. The molecular formula is C12H15ClO2. The van der Waals surface area contributed by atoms with Crippen molar-refractivity contribution in [2.45, 2.75) is 25.2 Å². The van der Waals surface area contributed by atoms with Crippen molar-refractivity contribution in [2.24, 2.45) is 0 Å². The minimum Gasteiger partial charge on any atom is -0.481 e. The van der Waals surface area contributed by atoms with Gasteiger partial charge in [0.15, 0.2) is 0 Å². The maximum atomic E-state index is 11.1. The first-order chi connectivity index (χ1) is 7.25. The minimum absolute atomic E-state index is 0.394. The lowest BCUT2D eigenvalue weighted by Gasteiger charge is -2.11. The van der Waals surface area contributed by atoms with Gasteiger partial charge in [0.1, 0.15) is 0 Å². The van der Waals surface area contributed by atoms with E-state index >= 15 is 0 Å². The third-order valence-corrected chi connectivity index (χ3v) is 2.64. The van der Waals surface area contributed by atoms with Crippen LogP contribution in [0.2, 0.25) is 0 Å². The molecule has 0 radical (unpaired) electrons. The molecule has 0 amide bonds. The second-order valence-corrected chi connectivity index (χ2v) is 3.86. The van der Waals surface area contributed by atoms with Crippen LogP contribution in [0.5, 0.6) is 0 Å². The zero-order chi connectivity index (χ0) is 11.1. The van der Waals surface area contributed by atoms with E-state index in [1.807, 2.05) is 30.3 Å². The lowest BCUT2D eigenvalue weighted by Crippen LogP contribution is -2.11. The third kappa shape index (κ3) is 3.92. The Labute approximate surface area is 94.9 Å². The molecule has 0 fully saturated rings. The van der Waals surface area contributed by atoms with Crippen molar-refractivity contribution >= 4 is 17.6 Å². The van der Waals surface area contributed by atoms with E-state index in [0.717, 1.165) is 18.4 Å². The molecule has 0 aromatic heterocycles. The Hall–Kier alpha value is -1.02. The zero-order valence-electron chi connectivity index (χ0n) is 8.53. The van der Waals surface area contributed by atoms with Crippen LogP contribution in [0.4, 0.5) is 0 Å². The van der Waals surface area contributed by atoms with Gasteiger partial charge in [-0.25, -0.2) is 0 Å². The molecule has 0 aliphatic carbocycles. The van der Waals surface area contributed by atoms with Crippen molar-refractivity contribution in [1.82, 2.24) is 0 Å². The number of carboxylic acid groups (broad SMARTS) is 1. The summed E-state index contributed by atoms with van der Waals surface area (Å²) in [7, 11) is 0. The highest BCUT2D eigenvalue weighted by Crippen LogP contribution is 2.22. The van der Waals surface area contributed by atoms with Crippen LogP contribution in [0, 0.1) is 0 Å². The molecule has 0 bridgehead atoms. The summed E-state index contributed by atoms with van der Waals surface area (Å²) in [6.45, 7) is 0. The molecule has 1 unspecified atom stereocenters. The van der Waals surface area contributed by atoms with Gasteiger partial charge in [0.2, 0.25) is 0 Å². The number of alkyl halides is 1. The second kappa shape index (κ2) is 6.46. The van der Waals surface area contributed by atoms with Gasteiger partial charge in [0.25, 0.3) is 0 Å². The second-order valence-electron chi connectivity index (χ2n) is 3.49. The van der Waals surface area contributed by atoms with Gasteiger partial charge in [-0.05, 0) is 18.4 Å². The van der Waals surface area contributed by atoms with Gasteiger partial charge in [0, 0.05) is 5.88 Å². The minimum atomic E-state index is -0.754. The van der Waals surface area contributed by atoms with Gasteiger partial charge in [-0.3, -0.25) is 4.79 Å². The Balaban J connectivity index is 2.62. The van der Waals surface area contributed by atoms with Crippen LogP contribution in [0.25, 0.3) is 0 Å². The fourth-order valence-electron chi connectivity index (χ4n) is 1.56. The molecule has 0 aliphatic rings. The number of carbonyl (C=O) groups is 1. The smallest absolute Gasteiger partial charge is 0.310 e. The standard InChI is InChI=1S/C12H15ClO2/c13-9-5-4-8-11(12(14)15)10-6-2-1-3-7-10/h1-3,6-7,11H,4-5,8-9H2,(H,14,15). The topological polar surface area (TPSA) is 37.3 Å². The van der Waals surface area contributed by atoms with E-state index in [1.165, 1.54) is 0 Å². The summed E-state index contributed by atoms with van der Waals surface area (Å²) >= 11 is 5.56. The van der Waals surface area contributed by atoms with Crippen molar-refractivity contribution < 1.29 is 9.90 Å². The maximum Gasteiger partial charge on any atom is 0.310 e. The predicted molar refractivity (Wildman–Crippen MR) is 61.4 cm³/mol. The van der Waals surface area contributed by atoms with E-state index in [9.17, 15) is 4.79 Å². The molecule has 15 heavy (non-hydrogen) atoms. The summed E-state index contributed by atoms with van der Waals surface area (Å²) in [4.78, 5) is 11.1. The molecular weight excluding hydrogens is 212 g/mol. The van der Waals surface area contributed by atoms with Gasteiger partial charge >= 0.3 is 5.97 Å². The summed E-state index contributed by atoms with van der Waals surface area (Å²) in [6.07, 6.45) is 2.39. The predicted octanol–water partition coefficient (Wildman–Crippen LogP) is 3.26. The highest BCUT2D eigenvalue weighted by Gasteiger charge is 2.18. The van der Waals surface area contributed by atoms with Crippen LogP contribution in [0.15, 0.2) is 30.3 Å². The molecule has 1 rings (SSSR count). The highest BCUT2D eigenvalue weighted by atomic mass is 35.5. The Bertz CT molecular complexity index is 298. The molecule has 0 heterocycles. The van der Waals surface area contributed by atoms with Crippen LogP contribution >= 0.6 is 11.6 Å². The molecule has 0 saturated carbocycles. The van der Waals surface area contributed by atoms with Gasteiger partial charge in [-0.15, -0.1) is 11.6 Å². The largest absolute Gasteiger partial charge is 0.481 e. The SMILES string of the molecule is O=C(O)C(CCCCCl)c1ccccc1. The zero-order valence-corrected chi connectivity index (χ0v) is 9.28. The molecule has 2 nitrogen and oxygen atoms in total. The normalized spacial score (nSPS) is 12.3. The number of unbranched alkanes of at least 4 members (excludes halogenated alkanes) is 1. The van der Waals surface area contributed by atoms with Crippen molar-refractivity contribution in [2.75, 3.05) is 5.88 Å². The van der Waals surface area contributed by atoms with E-state index in [4.69, 9.17) is 16.7 Å². The van der Waals surface area contributed by atoms with E-state index in [0.29, 0.717) is 12.3 Å². The number of benzene rings is 1. The fourth-order valence-corrected chi connectivity index (χ4v) is 1.75. The quantitative estimate of drug-likeness (QED) is 0.597. The lowest BCUT2D eigenvalue weighted by molar-refractivity contribution is -0.139. The van der Waals surface area contributed by atoms with Gasteiger partial charge in [0.05, 0.1) is 5.92 Å². The van der Waals surface area contributed by atoms with E-state index in [2.05, 4.69) is 0 Å². The summed E-state index contributed by atoms with van der Waals surface area (Å²) in [5, 5.41) is 9.09. The Kier molecular flexibility index (Phi) is 5.19. The third-order valence-electron chi connectivity index (χ3n) is 2.38. The first-order valence-electron chi connectivity index (χ1n) is 5.09. The van der Waals surface area contributed by atoms with Crippen LogP contribution in [-0.4, -0.2) is 17.0 Å². The van der Waals surface area contributed by atoms with Crippen LogP contribution in [0.3, 0.4) is 0 Å².